The van der Waals surface area contributed by atoms with Crippen LogP contribution in [0.15, 0.2) is 42.5 Å². The molecule has 21 heavy (non-hydrogen) atoms. The van der Waals surface area contributed by atoms with E-state index in [0.717, 1.165) is 19.3 Å². The normalized spacial score (nSPS) is 10.9. The molecule has 0 amide bonds. The molecule has 0 bridgehead atoms. The fourth-order valence-electron chi connectivity index (χ4n) is 2.05. The highest BCUT2D eigenvalue weighted by molar-refractivity contribution is 5.89. The number of aliphatic hydroxyl groups excluding tert-OH is 1. The summed E-state index contributed by atoms with van der Waals surface area (Å²) in [5.41, 5.74) is 0.591. The Morgan fingerprint density at radius 1 is 0.952 bits per heavy atom. The van der Waals surface area contributed by atoms with Gasteiger partial charge in [0.1, 0.15) is 6.61 Å². The molecular weight excluding hydrogens is 264 g/mol. The van der Waals surface area contributed by atoms with Crippen molar-refractivity contribution in [3.05, 3.63) is 48.0 Å². The number of benzene rings is 1. The SMILES string of the molecule is O=C(OCC=CCCCCCCCCO)c1ccccc1. The number of unbranched alkanes of at least 4 members (excludes halogenated alkanes) is 6. The van der Waals surface area contributed by atoms with E-state index in [2.05, 4.69) is 6.08 Å². The standard InChI is InChI=1S/C18H26O3/c19-15-11-6-4-2-1-3-5-7-12-16-21-18(20)17-13-9-8-10-14-17/h7-10,12-14,19H,1-6,11,15-16H2. The largest absolute Gasteiger partial charge is 0.458 e. The van der Waals surface area contributed by atoms with Crippen LogP contribution in [0.1, 0.15) is 55.3 Å². The molecule has 0 heterocycles. The highest BCUT2D eigenvalue weighted by Crippen LogP contribution is 2.07. The van der Waals surface area contributed by atoms with Crippen molar-refractivity contribution >= 4 is 5.97 Å². The first kappa shape index (κ1) is 17.4. The second-order valence-electron chi connectivity index (χ2n) is 5.07. The van der Waals surface area contributed by atoms with Gasteiger partial charge in [-0.1, -0.05) is 56.0 Å². The van der Waals surface area contributed by atoms with Crippen LogP contribution in [-0.4, -0.2) is 24.3 Å². The lowest BCUT2D eigenvalue weighted by Gasteiger charge is -2.01. The van der Waals surface area contributed by atoms with Gasteiger partial charge in [0.15, 0.2) is 0 Å². The molecule has 0 saturated heterocycles. The molecule has 0 spiro atoms. The molecule has 0 fully saturated rings. The van der Waals surface area contributed by atoms with E-state index in [1.54, 1.807) is 12.1 Å². The van der Waals surface area contributed by atoms with Crippen LogP contribution < -0.4 is 0 Å². The molecule has 116 valence electrons. The number of aliphatic hydroxyl groups is 1. The molecule has 0 aliphatic heterocycles. The van der Waals surface area contributed by atoms with Crippen molar-refractivity contribution in [2.75, 3.05) is 13.2 Å². The maximum absolute atomic E-state index is 11.6. The zero-order valence-electron chi connectivity index (χ0n) is 12.7. The molecule has 0 aliphatic rings. The van der Waals surface area contributed by atoms with E-state index < -0.39 is 0 Å². The van der Waals surface area contributed by atoms with E-state index in [-0.39, 0.29) is 5.97 Å². The van der Waals surface area contributed by atoms with Gasteiger partial charge in [0.2, 0.25) is 0 Å². The fourth-order valence-corrected chi connectivity index (χ4v) is 2.05. The van der Waals surface area contributed by atoms with Gasteiger partial charge in [-0.3, -0.25) is 0 Å². The Bertz CT molecular complexity index is 398. The number of hydrogen-bond acceptors (Lipinski definition) is 3. The first-order valence-corrected chi connectivity index (χ1v) is 7.82. The van der Waals surface area contributed by atoms with Crippen LogP contribution in [0.4, 0.5) is 0 Å². The van der Waals surface area contributed by atoms with Crippen LogP contribution >= 0.6 is 0 Å². The minimum absolute atomic E-state index is 0.274. The van der Waals surface area contributed by atoms with E-state index >= 15 is 0 Å². The summed E-state index contributed by atoms with van der Waals surface area (Å²) in [6.07, 6.45) is 11.9. The molecule has 1 aromatic carbocycles. The third-order valence-electron chi connectivity index (χ3n) is 3.27. The van der Waals surface area contributed by atoms with E-state index in [1.165, 1.54) is 25.7 Å². The Labute approximate surface area is 127 Å². The first-order chi connectivity index (χ1) is 10.3. The average Bonchev–Trinajstić information content (AvgIpc) is 2.53. The highest BCUT2D eigenvalue weighted by atomic mass is 16.5. The minimum atomic E-state index is -0.274. The Balaban J connectivity index is 1.97. The zero-order chi connectivity index (χ0) is 15.2. The summed E-state index contributed by atoms with van der Waals surface area (Å²) < 4.78 is 5.15. The predicted molar refractivity (Wildman–Crippen MR) is 85.3 cm³/mol. The fraction of sp³-hybridized carbons (Fsp3) is 0.500. The Morgan fingerprint density at radius 2 is 1.62 bits per heavy atom. The molecule has 0 saturated carbocycles. The van der Waals surface area contributed by atoms with Gasteiger partial charge < -0.3 is 9.84 Å². The molecule has 3 heteroatoms. The Morgan fingerprint density at radius 3 is 2.33 bits per heavy atom. The number of esters is 1. The quantitative estimate of drug-likeness (QED) is 0.379. The topological polar surface area (TPSA) is 46.5 Å². The van der Waals surface area contributed by atoms with Gasteiger partial charge in [0, 0.05) is 6.61 Å². The van der Waals surface area contributed by atoms with Crippen molar-refractivity contribution in [1.29, 1.82) is 0 Å². The minimum Gasteiger partial charge on any atom is -0.458 e. The third kappa shape index (κ3) is 9.03. The van der Waals surface area contributed by atoms with Crippen molar-refractivity contribution in [3.63, 3.8) is 0 Å². The Hall–Kier alpha value is -1.61. The van der Waals surface area contributed by atoms with Crippen molar-refractivity contribution in [3.8, 4) is 0 Å². The van der Waals surface area contributed by atoms with Crippen LogP contribution in [0, 0.1) is 0 Å². The van der Waals surface area contributed by atoms with Crippen molar-refractivity contribution in [1.82, 2.24) is 0 Å². The maximum atomic E-state index is 11.6. The lowest BCUT2D eigenvalue weighted by molar-refractivity contribution is 0.0549. The summed E-state index contributed by atoms with van der Waals surface area (Å²) >= 11 is 0. The molecule has 0 aromatic heterocycles. The number of rotatable bonds is 11. The summed E-state index contributed by atoms with van der Waals surface area (Å²) in [6, 6.07) is 9.03. The number of carbonyl (C=O) groups is 1. The number of carbonyl (C=O) groups excluding carboxylic acids is 1. The predicted octanol–water partition coefficient (Wildman–Crippen LogP) is 4.12. The van der Waals surface area contributed by atoms with Crippen LogP contribution in [0.2, 0.25) is 0 Å². The lowest BCUT2D eigenvalue weighted by atomic mass is 10.1. The van der Waals surface area contributed by atoms with E-state index in [0.29, 0.717) is 18.8 Å². The summed E-state index contributed by atoms with van der Waals surface area (Å²) in [7, 11) is 0. The number of ether oxygens (including phenoxy) is 1. The molecular formula is C18H26O3. The summed E-state index contributed by atoms with van der Waals surface area (Å²) in [6.45, 7) is 0.647. The summed E-state index contributed by atoms with van der Waals surface area (Å²) in [4.78, 5) is 11.6. The molecule has 1 aromatic rings. The molecule has 1 rings (SSSR count). The van der Waals surface area contributed by atoms with Crippen molar-refractivity contribution < 1.29 is 14.6 Å². The highest BCUT2D eigenvalue weighted by Gasteiger charge is 2.03. The molecule has 1 N–H and O–H groups in total. The van der Waals surface area contributed by atoms with Gasteiger partial charge in [-0.2, -0.15) is 0 Å². The van der Waals surface area contributed by atoms with Crippen LogP contribution in [-0.2, 0) is 4.74 Å². The van der Waals surface area contributed by atoms with Crippen LogP contribution in [0.3, 0.4) is 0 Å². The van der Waals surface area contributed by atoms with Gasteiger partial charge in [-0.25, -0.2) is 4.79 Å². The molecule has 0 radical (unpaired) electrons. The van der Waals surface area contributed by atoms with Gasteiger partial charge in [-0.05, 0) is 31.4 Å². The molecule has 0 atom stereocenters. The van der Waals surface area contributed by atoms with E-state index in [4.69, 9.17) is 9.84 Å². The maximum Gasteiger partial charge on any atom is 0.338 e. The Kier molecular flexibility index (Phi) is 10.1. The smallest absolute Gasteiger partial charge is 0.338 e. The zero-order valence-corrected chi connectivity index (χ0v) is 12.7. The van der Waals surface area contributed by atoms with Gasteiger partial charge >= 0.3 is 5.97 Å². The second-order valence-corrected chi connectivity index (χ2v) is 5.07. The monoisotopic (exact) mass is 290 g/mol. The molecule has 0 unspecified atom stereocenters. The van der Waals surface area contributed by atoms with Crippen molar-refractivity contribution in [2.24, 2.45) is 0 Å². The van der Waals surface area contributed by atoms with Gasteiger partial charge in [-0.15, -0.1) is 0 Å². The summed E-state index contributed by atoms with van der Waals surface area (Å²) in [5.74, 6) is -0.274. The van der Waals surface area contributed by atoms with Crippen molar-refractivity contribution in [2.45, 2.75) is 44.9 Å². The number of hydrogen-bond donors (Lipinski definition) is 1. The van der Waals surface area contributed by atoms with E-state index in [1.807, 2.05) is 24.3 Å². The van der Waals surface area contributed by atoms with E-state index in [9.17, 15) is 4.79 Å². The molecule has 0 aliphatic carbocycles. The van der Waals surface area contributed by atoms with Crippen LogP contribution in [0.5, 0.6) is 0 Å². The van der Waals surface area contributed by atoms with Gasteiger partial charge in [0.25, 0.3) is 0 Å². The van der Waals surface area contributed by atoms with Gasteiger partial charge in [0.05, 0.1) is 5.56 Å². The first-order valence-electron chi connectivity index (χ1n) is 7.82. The third-order valence-corrected chi connectivity index (χ3v) is 3.27. The number of allylic oxidation sites excluding steroid dienone is 1. The van der Waals surface area contributed by atoms with Crippen LogP contribution in [0.25, 0.3) is 0 Å². The summed E-state index contributed by atoms with van der Waals surface area (Å²) in [5, 5.41) is 8.66. The second kappa shape index (κ2) is 12.2. The lowest BCUT2D eigenvalue weighted by Crippen LogP contribution is -2.04. The molecule has 3 nitrogen and oxygen atoms in total. The average molecular weight is 290 g/mol.